The van der Waals surface area contributed by atoms with Gasteiger partial charge in [-0.15, -0.1) is 0 Å². The summed E-state index contributed by atoms with van der Waals surface area (Å²) >= 11 is 0. The predicted octanol–water partition coefficient (Wildman–Crippen LogP) is 1.82. The molecule has 4 heteroatoms. The molecule has 0 heterocycles. The van der Waals surface area contributed by atoms with Crippen LogP contribution in [0.15, 0.2) is 18.2 Å². The molecule has 0 aromatic heterocycles. The number of rotatable bonds is 2. The van der Waals surface area contributed by atoms with Gasteiger partial charge < -0.3 is 15.3 Å². The topological polar surface area (TPSA) is 52.6 Å². The van der Waals surface area contributed by atoms with E-state index in [0.29, 0.717) is 17.8 Å². The number of hydrogen-bond donors (Lipinski definition) is 2. The van der Waals surface area contributed by atoms with E-state index in [0.717, 1.165) is 5.56 Å². The zero-order valence-electron chi connectivity index (χ0n) is 10.9. The Bertz CT molecular complexity index is 486. The number of amides is 2. The fraction of sp³-hybridized carbons (Fsp3) is 0.357. The molecule has 0 saturated heterocycles. The third kappa shape index (κ3) is 3.79. The summed E-state index contributed by atoms with van der Waals surface area (Å²) in [5.41, 5.74) is 2.42. The van der Waals surface area contributed by atoms with Crippen molar-refractivity contribution in [3.63, 3.8) is 0 Å². The van der Waals surface area contributed by atoms with Crippen LogP contribution in [0.5, 0.6) is 0 Å². The number of nitrogens with zero attached hydrogens (tertiary/aromatic N) is 1. The molecule has 1 rings (SSSR count). The smallest absolute Gasteiger partial charge is 0.321 e. The van der Waals surface area contributed by atoms with Crippen LogP contribution in [0.2, 0.25) is 0 Å². The molecule has 18 heavy (non-hydrogen) atoms. The summed E-state index contributed by atoms with van der Waals surface area (Å²) in [4.78, 5) is 13.3. The number of urea groups is 1. The molecule has 0 radical (unpaired) electrons. The van der Waals surface area contributed by atoms with Crippen molar-refractivity contribution >= 4 is 11.7 Å². The maximum absolute atomic E-state index is 11.8. The van der Waals surface area contributed by atoms with E-state index in [9.17, 15) is 4.79 Å². The van der Waals surface area contributed by atoms with E-state index >= 15 is 0 Å². The lowest BCUT2D eigenvalue weighted by molar-refractivity contribution is 0.224. The van der Waals surface area contributed by atoms with Gasteiger partial charge in [-0.2, -0.15) is 0 Å². The SMILES string of the molecule is CCN(C)C(=O)Nc1ccc(C)cc1C#CCO. The number of hydrogen-bond acceptors (Lipinski definition) is 2. The number of benzene rings is 1. The molecule has 1 aromatic carbocycles. The minimum absolute atomic E-state index is 0.173. The van der Waals surface area contributed by atoms with Crippen LogP contribution in [0, 0.1) is 18.8 Å². The number of anilines is 1. The lowest BCUT2D eigenvalue weighted by Gasteiger charge is -2.16. The van der Waals surface area contributed by atoms with Crippen LogP contribution in [-0.4, -0.2) is 36.2 Å². The van der Waals surface area contributed by atoms with Crippen molar-refractivity contribution in [2.45, 2.75) is 13.8 Å². The van der Waals surface area contributed by atoms with Crippen molar-refractivity contribution in [3.8, 4) is 11.8 Å². The summed E-state index contributed by atoms with van der Waals surface area (Å²) in [5.74, 6) is 5.42. The van der Waals surface area contributed by atoms with Crippen LogP contribution in [0.4, 0.5) is 10.5 Å². The van der Waals surface area contributed by atoms with Crippen LogP contribution in [0.1, 0.15) is 18.1 Å². The summed E-state index contributed by atoms with van der Waals surface area (Å²) in [6.45, 7) is 4.29. The van der Waals surface area contributed by atoms with E-state index < -0.39 is 0 Å². The molecule has 0 aliphatic carbocycles. The highest BCUT2D eigenvalue weighted by molar-refractivity contribution is 5.90. The average molecular weight is 246 g/mol. The number of aryl methyl sites for hydroxylation is 1. The Morgan fingerprint density at radius 2 is 2.22 bits per heavy atom. The summed E-state index contributed by atoms with van der Waals surface area (Å²) in [5, 5.41) is 11.5. The summed E-state index contributed by atoms with van der Waals surface area (Å²) in [6.07, 6.45) is 0. The zero-order valence-corrected chi connectivity index (χ0v) is 10.9. The van der Waals surface area contributed by atoms with Crippen molar-refractivity contribution in [1.29, 1.82) is 0 Å². The third-order valence-electron chi connectivity index (χ3n) is 2.54. The molecule has 0 fully saturated rings. The van der Waals surface area contributed by atoms with Crippen LogP contribution >= 0.6 is 0 Å². The van der Waals surface area contributed by atoms with Crippen LogP contribution in [0.3, 0.4) is 0 Å². The Hall–Kier alpha value is -1.99. The van der Waals surface area contributed by atoms with Gasteiger partial charge in [0.15, 0.2) is 0 Å². The number of aliphatic hydroxyl groups excluding tert-OH is 1. The zero-order chi connectivity index (χ0) is 13.5. The first kappa shape index (κ1) is 14.1. The van der Waals surface area contributed by atoms with Gasteiger partial charge in [0.05, 0.1) is 5.69 Å². The lowest BCUT2D eigenvalue weighted by atomic mass is 10.1. The van der Waals surface area contributed by atoms with E-state index in [2.05, 4.69) is 17.2 Å². The van der Waals surface area contributed by atoms with Crippen LogP contribution in [-0.2, 0) is 0 Å². The molecule has 0 atom stereocenters. The lowest BCUT2D eigenvalue weighted by Crippen LogP contribution is -2.31. The largest absolute Gasteiger partial charge is 0.384 e. The molecule has 0 aliphatic rings. The second kappa shape index (κ2) is 6.67. The highest BCUT2D eigenvalue weighted by Crippen LogP contribution is 2.16. The molecular formula is C14H18N2O2. The van der Waals surface area contributed by atoms with Gasteiger partial charge in [0, 0.05) is 19.2 Å². The van der Waals surface area contributed by atoms with Gasteiger partial charge in [-0.3, -0.25) is 0 Å². The van der Waals surface area contributed by atoms with Gasteiger partial charge >= 0.3 is 6.03 Å². The van der Waals surface area contributed by atoms with Gasteiger partial charge in [-0.05, 0) is 31.5 Å². The van der Waals surface area contributed by atoms with Crippen molar-refractivity contribution in [2.75, 3.05) is 25.5 Å². The Balaban J connectivity index is 2.97. The molecule has 4 nitrogen and oxygen atoms in total. The molecule has 0 saturated carbocycles. The maximum Gasteiger partial charge on any atom is 0.321 e. The number of carbonyl (C=O) groups excluding carboxylic acids is 1. The van der Waals surface area contributed by atoms with Crippen LogP contribution in [0.25, 0.3) is 0 Å². The third-order valence-corrected chi connectivity index (χ3v) is 2.54. The fourth-order valence-electron chi connectivity index (χ4n) is 1.36. The fourth-order valence-corrected chi connectivity index (χ4v) is 1.36. The first-order valence-electron chi connectivity index (χ1n) is 5.81. The van der Waals surface area contributed by atoms with E-state index in [1.165, 1.54) is 0 Å². The van der Waals surface area contributed by atoms with E-state index in [1.54, 1.807) is 11.9 Å². The predicted molar refractivity (Wildman–Crippen MR) is 72.5 cm³/mol. The maximum atomic E-state index is 11.8. The summed E-state index contributed by atoms with van der Waals surface area (Å²) in [7, 11) is 1.72. The Labute approximate surface area is 108 Å². The average Bonchev–Trinajstić information content (AvgIpc) is 2.37. The Kier molecular flexibility index (Phi) is 5.22. The standard InChI is InChI=1S/C14H18N2O2/c1-4-16(3)14(18)15-13-8-7-11(2)10-12(13)6-5-9-17/h7-8,10,17H,4,9H2,1-3H3,(H,15,18). The molecule has 0 unspecified atom stereocenters. The number of nitrogens with one attached hydrogen (secondary N) is 1. The first-order valence-corrected chi connectivity index (χ1v) is 5.81. The highest BCUT2D eigenvalue weighted by atomic mass is 16.2. The first-order chi connectivity index (χ1) is 8.58. The monoisotopic (exact) mass is 246 g/mol. The van der Waals surface area contributed by atoms with Gasteiger partial charge in [0.2, 0.25) is 0 Å². The van der Waals surface area contributed by atoms with Crippen molar-refractivity contribution in [1.82, 2.24) is 4.90 Å². The molecular weight excluding hydrogens is 228 g/mol. The summed E-state index contributed by atoms with van der Waals surface area (Å²) < 4.78 is 0. The quantitative estimate of drug-likeness (QED) is 0.782. The number of carbonyl (C=O) groups is 1. The van der Waals surface area contributed by atoms with Gasteiger partial charge in [0.25, 0.3) is 0 Å². The molecule has 96 valence electrons. The minimum atomic E-state index is -0.198. The molecule has 1 aromatic rings. The molecule has 0 spiro atoms. The summed E-state index contributed by atoms with van der Waals surface area (Å²) in [6, 6.07) is 5.43. The van der Waals surface area contributed by atoms with Crippen LogP contribution < -0.4 is 5.32 Å². The second-order valence-electron chi connectivity index (χ2n) is 3.95. The van der Waals surface area contributed by atoms with Gasteiger partial charge in [0.1, 0.15) is 6.61 Å². The molecule has 2 amide bonds. The Morgan fingerprint density at radius 1 is 1.50 bits per heavy atom. The number of aliphatic hydroxyl groups is 1. The van der Waals surface area contributed by atoms with Gasteiger partial charge in [-0.25, -0.2) is 4.79 Å². The van der Waals surface area contributed by atoms with Crippen molar-refractivity contribution < 1.29 is 9.90 Å². The van der Waals surface area contributed by atoms with Crippen molar-refractivity contribution in [3.05, 3.63) is 29.3 Å². The van der Waals surface area contributed by atoms with Gasteiger partial charge in [-0.1, -0.05) is 17.9 Å². The molecule has 0 bridgehead atoms. The normalized spacial score (nSPS) is 9.33. The van der Waals surface area contributed by atoms with E-state index in [4.69, 9.17) is 5.11 Å². The van der Waals surface area contributed by atoms with Crippen molar-refractivity contribution in [2.24, 2.45) is 0 Å². The highest BCUT2D eigenvalue weighted by Gasteiger charge is 2.08. The minimum Gasteiger partial charge on any atom is -0.384 e. The second-order valence-corrected chi connectivity index (χ2v) is 3.95. The van der Waals surface area contributed by atoms with E-state index in [1.807, 2.05) is 32.0 Å². The molecule has 2 N–H and O–H groups in total. The van der Waals surface area contributed by atoms with E-state index in [-0.39, 0.29) is 12.6 Å². The molecule has 0 aliphatic heterocycles. The Morgan fingerprint density at radius 3 is 2.83 bits per heavy atom.